The summed E-state index contributed by atoms with van der Waals surface area (Å²) in [6, 6.07) is 7.49. The average molecular weight is 351 g/mol. The van der Waals surface area contributed by atoms with Crippen molar-refractivity contribution >= 4 is 33.4 Å². The minimum atomic E-state index is -3.60. The predicted octanol–water partition coefficient (Wildman–Crippen LogP) is 0.252. The third-order valence-electron chi connectivity index (χ3n) is 3.19. The van der Waals surface area contributed by atoms with Crippen molar-refractivity contribution in [3.63, 3.8) is 0 Å². The molecule has 0 atom stereocenters. The Morgan fingerprint density at radius 3 is 2.21 bits per heavy atom. The molecule has 0 unspecified atom stereocenters. The number of carbonyl (C=O) groups excluding carboxylic acids is 2. The number of aromatic nitrogens is 1. The van der Waals surface area contributed by atoms with Crippen molar-refractivity contribution in [3.8, 4) is 0 Å². The van der Waals surface area contributed by atoms with Gasteiger partial charge in [0.25, 0.3) is 16.1 Å². The van der Waals surface area contributed by atoms with Gasteiger partial charge in [0, 0.05) is 31.7 Å². The highest BCUT2D eigenvalue weighted by Crippen LogP contribution is 2.16. The first-order valence-electron chi connectivity index (χ1n) is 6.80. The predicted molar refractivity (Wildman–Crippen MR) is 89.9 cm³/mol. The third kappa shape index (κ3) is 4.12. The summed E-state index contributed by atoms with van der Waals surface area (Å²) in [5, 5.41) is 2.65. The fraction of sp³-hybridized carbons (Fsp3) is 0.143. The van der Waals surface area contributed by atoms with Gasteiger partial charge >= 0.3 is 0 Å². The van der Waals surface area contributed by atoms with Crippen LogP contribution in [0, 0.1) is 0 Å². The molecule has 5 N–H and O–H groups in total. The Kier molecular flexibility index (Phi) is 4.90. The number of amides is 2. The maximum absolute atomic E-state index is 12.2. The normalized spacial score (nSPS) is 11.1. The van der Waals surface area contributed by atoms with E-state index in [0.717, 1.165) is 0 Å². The van der Waals surface area contributed by atoms with E-state index >= 15 is 0 Å². The van der Waals surface area contributed by atoms with Crippen LogP contribution in [0.15, 0.2) is 36.5 Å². The maximum atomic E-state index is 12.2. The zero-order valence-electron chi connectivity index (χ0n) is 13.0. The van der Waals surface area contributed by atoms with E-state index in [1.807, 2.05) is 0 Å². The number of hydrogen-bond donors (Lipinski definition) is 4. The van der Waals surface area contributed by atoms with Crippen LogP contribution in [-0.4, -0.2) is 31.8 Å². The zero-order chi connectivity index (χ0) is 17.9. The van der Waals surface area contributed by atoms with E-state index in [1.54, 1.807) is 19.2 Å². The summed E-state index contributed by atoms with van der Waals surface area (Å²) in [5.74, 6) is -1.04. The molecule has 9 nitrogen and oxygen atoms in total. The lowest BCUT2D eigenvalue weighted by Gasteiger charge is -2.09. The topological polar surface area (TPSA) is 135 Å². The van der Waals surface area contributed by atoms with Crippen molar-refractivity contribution in [2.45, 2.75) is 0 Å². The van der Waals surface area contributed by atoms with Crippen molar-refractivity contribution < 1.29 is 18.0 Å². The van der Waals surface area contributed by atoms with Gasteiger partial charge in [0.05, 0.1) is 5.56 Å². The fourth-order valence-corrected chi connectivity index (χ4v) is 2.50. The van der Waals surface area contributed by atoms with E-state index in [-0.39, 0.29) is 11.3 Å². The number of aryl methyl sites for hydroxylation is 1. The molecule has 24 heavy (non-hydrogen) atoms. The van der Waals surface area contributed by atoms with E-state index < -0.39 is 22.0 Å². The number of hydrogen-bond acceptors (Lipinski definition) is 4. The van der Waals surface area contributed by atoms with Crippen molar-refractivity contribution in [2.24, 2.45) is 12.8 Å². The summed E-state index contributed by atoms with van der Waals surface area (Å²) in [6.07, 6.45) is 1.47. The highest BCUT2D eigenvalue weighted by atomic mass is 32.2. The molecule has 0 saturated heterocycles. The van der Waals surface area contributed by atoms with Gasteiger partial charge in [-0.05, 0) is 30.3 Å². The van der Waals surface area contributed by atoms with E-state index in [4.69, 9.17) is 5.73 Å². The van der Waals surface area contributed by atoms with Crippen LogP contribution in [0.25, 0.3) is 0 Å². The van der Waals surface area contributed by atoms with Crippen LogP contribution < -0.4 is 20.5 Å². The smallest absolute Gasteiger partial charge is 0.298 e. The van der Waals surface area contributed by atoms with E-state index in [2.05, 4.69) is 14.8 Å². The van der Waals surface area contributed by atoms with Crippen LogP contribution in [-0.2, 0) is 17.3 Å². The Morgan fingerprint density at radius 2 is 1.71 bits per heavy atom. The molecule has 0 fully saturated rings. The van der Waals surface area contributed by atoms with Crippen molar-refractivity contribution in [3.05, 3.63) is 47.8 Å². The Labute approximate surface area is 139 Å². The molecule has 1 heterocycles. The minimum Gasteiger partial charge on any atom is -0.366 e. The van der Waals surface area contributed by atoms with E-state index in [9.17, 15) is 18.0 Å². The van der Waals surface area contributed by atoms with Gasteiger partial charge in [-0.15, -0.1) is 0 Å². The van der Waals surface area contributed by atoms with Crippen LogP contribution in [0.1, 0.15) is 20.8 Å². The number of benzene rings is 1. The molecule has 0 saturated carbocycles. The SMILES string of the molecule is CNS(=O)(=O)Nc1ccc(NC(=O)c2cc(C(N)=O)cn2C)cc1. The molecule has 1 aromatic heterocycles. The minimum absolute atomic E-state index is 0.236. The molecule has 2 aromatic rings. The number of carbonyl (C=O) groups is 2. The molecule has 0 aliphatic carbocycles. The van der Waals surface area contributed by atoms with E-state index in [0.29, 0.717) is 11.4 Å². The van der Waals surface area contributed by atoms with Gasteiger partial charge in [0.1, 0.15) is 5.69 Å². The summed E-state index contributed by atoms with van der Waals surface area (Å²) in [5.41, 5.74) is 6.50. The lowest BCUT2D eigenvalue weighted by atomic mass is 10.2. The number of rotatable bonds is 6. The highest BCUT2D eigenvalue weighted by molar-refractivity contribution is 7.90. The second-order valence-corrected chi connectivity index (χ2v) is 6.55. The zero-order valence-corrected chi connectivity index (χ0v) is 13.8. The summed E-state index contributed by atoms with van der Waals surface area (Å²) < 4.78 is 28.7. The van der Waals surface area contributed by atoms with Crippen LogP contribution in [0.2, 0.25) is 0 Å². The van der Waals surface area contributed by atoms with Crippen LogP contribution in [0.4, 0.5) is 11.4 Å². The lowest BCUT2D eigenvalue weighted by Crippen LogP contribution is -2.26. The number of anilines is 2. The van der Waals surface area contributed by atoms with Crippen LogP contribution in [0.3, 0.4) is 0 Å². The van der Waals surface area contributed by atoms with Gasteiger partial charge in [-0.1, -0.05) is 0 Å². The molecular formula is C14H17N5O4S. The quantitative estimate of drug-likeness (QED) is 0.593. The number of primary amides is 1. The Hall–Kier alpha value is -2.85. The first-order valence-corrected chi connectivity index (χ1v) is 8.29. The molecule has 0 aliphatic heterocycles. The largest absolute Gasteiger partial charge is 0.366 e. The lowest BCUT2D eigenvalue weighted by molar-refractivity contribution is 0.0998. The monoisotopic (exact) mass is 351 g/mol. The molecule has 0 spiro atoms. The maximum Gasteiger partial charge on any atom is 0.298 e. The summed E-state index contributed by atoms with van der Waals surface area (Å²) in [7, 11) is -0.686. The van der Waals surface area contributed by atoms with Gasteiger partial charge in [0.2, 0.25) is 5.91 Å². The van der Waals surface area contributed by atoms with Gasteiger partial charge < -0.3 is 15.6 Å². The average Bonchev–Trinajstić information content (AvgIpc) is 2.91. The second kappa shape index (κ2) is 6.72. The molecule has 128 valence electrons. The van der Waals surface area contributed by atoms with Gasteiger partial charge in [-0.2, -0.15) is 8.42 Å². The van der Waals surface area contributed by atoms with Gasteiger partial charge in [-0.3, -0.25) is 14.3 Å². The highest BCUT2D eigenvalue weighted by Gasteiger charge is 2.14. The third-order valence-corrected chi connectivity index (χ3v) is 4.23. The first-order chi connectivity index (χ1) is 11.2. The summed E-state index contributed by atoms with van der Waals surface area (Å²) in [6.45, 7) is 0. The summed E-state index contributed by atoms with van der Waals surface area (Å²) >= 11 is 0. The number of nitrogens with two attached hydrogens (primary N) is 1. The number of nitrogens with zero attached hydrogens (tertiary/aromatic N) is 1. The Morgan fingerprint density at radius 1 is 1.12 bits per heavy atom. The van der Waals surface area contributed by atoms with Gasteiger partial charge in [-0.25, -0.2) is 4.72 Å². The molecule has 0 bridgehead atoms. The van der Waals surface area contributed by atoms with Crippen molar-refractivity contribution in [1.29, 1.82) is 0 Å². The molecule has 10 heteroatoms. The molecule has 0 aliphatic rings. The first kappa shape index (κ1) is 17.5. The molecule has 0 radical (unpaired) electrons. The van der Waals surface area contributed by atoms with Crippen molar-refractivity contribution in [2.75, 3.05) is 17.1 Å². The number of nitrogens with one attached hydrogen (secondary N) is 3. The standard InChI is InChI=1S/C14H17N5O4S/c1-16-24(22,23)18-11-5-3-10(4-6-11)17-14(21)12-7-9(13(15)20)8-19(12)2/h3-8,16,18H,1-2H3,(H2,15,20)(H,17,21). The second-order valence-electron chi connectivity index (χ2n) is 4.93. The molecule has 1 aromatic carbocycles. The van der Waals surface area contributed by atoms with Gasteiger partial charge in [0.15, 0.2) is 0 Å². The van der Waals surface area contributed by atoms with Crippen LogP contribution in [0.5, 0.6) is 0 Å². The summed E-state index contributed by atoms with van der Waals surface area (Å²) in [4.78, 5) is 23.4. The van der Waals surface area contributed by atoms with Crippen LogP contribution >= 0.6 is 0 Å². The Bertz CT molecular complexity index is 871. The molecule has 2 rings (SSSR count). The van der Waals surface area contributed by atoms with E-state index in [1.165, 1.54) is 36.0 Å². The fourth-order valence-electron chi connectivity index (χ4n) is 1.95. The molecule has 2 amide bonds. The molecular weight excluding hydrogens is 334 g/mol. The Balaban J connectivity index is 2.11. The van der Waals surface area contributed by atoms with Crippen molar-refractivity contribution in [1.82, 2.24) is 9.29 Å².